The fraction of sp³-hybridized carbons (Fsp3) is 0.714. The van der Waals surface area contributed by atoms with Crippen molar-refractivity contribution in [3.8, 4) is 0 Å². The minimum Gasteiger partial charge on any atom is -0.370 e. The minimum absolute atomic E-state index is 0.0985. The third-order valence-corrected chi connectivity index (χ3v) is 3.46. The van der Waals surface area contributed by atoms with Crippen LogP contribution in [0.2, 0.25) is 0 Å². The Kier molecular flexibility index (Phi) is 4.58. The standard InChI is InChI=1S/C14H21F3N4/c1-3-5-10-19-11(18-8-4-2)9-12(20-10)21-13(6-7-13)14(15,16)17/h9H,3-8H2,1-2H3,(H2,18,19,20,21). The van der Waals surface area contributed by atoms with Gasteiger partial charge in [-0.25, -0.2) is 9.97 Å². The first-order valence-electron chi connectivity index (χ1n) is 7.37. The van der Waals surface area contributed by atoms with Crippen LogP contribution >= 0.6 is 0 Å². The SMILES string of the molecule is CCCNc1cc(NC2(C(F)(F)F)CC2)nc(CCC)n1. The Hall–Kier alpha value is -1.53. The van der Waals surface area contributed by atoms with Gasteiger partial charge in [-0.05, 0) is 25.7 Å². The molecule has 1 heterocycles. The van der Waals surface area contributed by atoms with Gasteiger partial charge in [-0.2, -0.15) is 13.2 Å². The van der Waals surface area contributed by atoms with E-state index in [9.17, 15) is 13.2 Å². The first kappa shape index (κ1) is 15.9. The summed E-state index contributed by atoms with van der Waals surface area (Å²) in [6.07, 6.45) is -1.64. The number of nitrogens with zero attached hydrogens (tertiary/aromatic N) is 2. The fourth-order valence-electron chi connectivity index (χ4n) is 2.09. The van der Waals surface area contributed by atoms with Crippen LogP contribution in [0.15, 0.2) is 6.07 Å². The summed E-state index contributed by atoms with van der Waals surface area (Å²) in [6.45, 7) is 4.73. The van der Waals surface area contributed by atoms with E-state index in [4.69, 9.17) is 0 Å². The molecule has 0 bridgehead atoms. The molecule has 0 aromatic carbocycles. The molecule has 1 aliphatic carbocycles. The molecule has 21 heavy (non-hydrogen) atoms. The minimum atomic E-state index is -4.25. The second-order valence-corrected chi connectivity index (χ2v) is 5.44. The Balaban J connectivity index is 2.19. The Morgan fingerprint density at radius 1 is 1.14 bits per heavy atom. The fourth-order valence-corrected chi connectivity index (χ4v) is 2.09. The van der Waals surface area contributed by atoms with Crippen LogP contribution in [0.25, 0.3) is 0 Å². The van der Waals surface area contributed by atoms with Crippen molar-refractivity contribution < 1.29 is 13.2 Å². The highest BCUT2D eigenvalue weighted by Gasteiger charge is 2.63. The van der Waals surface area contributed by atoms with Gasteiger partial charge in [-0.15, -0.1) is 0 Å². The summed E-state index contributed by atoms with van der Waals surface area (Å²) in [4.78, 5) is 8.54. The van der Waals surface area contributed by atoms with Crippen LogP contribution in [0.5, 0.6) is 0 Å². The Morgan fingerprint density at radius 3 is 2.33 bits per heavy atom. The van der Waals surface area contributed by atoms with Crippen LogP contribution in [-0.4, -0.2) is 28.2 Å². The molecule has 0 spiro atoms. The monoisotopic (exact) mass is 302 g/mol. The molecular formula is C14H21F3N4. The molecule has 2 rings (SSSR count). The van der Waals surface area contributed by atoms with Crippen molar-refractivity contribution >= 4 is 11.6 Å². The lowest BCUT2D eigenvalue weighted by atomic mass is 10.2. The normalized spacial score (nSPS) is 16.6. The number of rotatable bonds is 7. The molecule has 1 aromatic heterocycles. The third-order valence-electron chi connectivity index (χ3n) is 3.46. The van der Waals surface area contributed by atoms with Crippen molar-refractivity contribution in [1.82, 2.24) is 9.97 Å². The highest BCUT2D eigenvalue weighted by Crippen LogP contribution is 2.51. The molecule has 2 N–H and O–H groups in total. The molecule has 1 fully saturated rings. The quantitative estimate of drug-likeness (QED) is 0.805. The molecule has 0 unspecified atom stereocenters. The zero-order chi connectivity index (χ0) is 15.5. The number of hydrogen-bond acceptors (Lipinski definition) is 4. The molecular weight excluding hydrogens is 281 g/mol. The van der Waals surface area contributed by atoms with Gasteiger partial charge in [0.15, 0.2) is 0 Å². The summed E-state index contributed by atoms with van der Waals surface area (Å²) >= 11 is 0. The molecule has 4 nitrogen and oxygen atoms in total. The third kappa shape index (κ3) is 3.77. The first-order valence-corrected chi connectivity index (χ1v) is 7.37. The predicted octanol–water partition coefficient (Wildman–Crippen LogP) is 3.76. The van der Waals surface area contributed by atoms with Crippen LogP contribution in [0.4, 0.5) is 24.8 Å². The van der Waals surface area contributed by atoms with E-state index < -0.39 is 11.7 Å². The average molecular weight is 302 g/mol. The predicted molar refractivity (Wildman–Crippen MR) is 76.5 cm³/mol. The number of anilines is 2. The van der Waals surface area contributed by atoms with Gasteiger partial charge in [-0.1, -0.05) is 13.8 Å². The lowest BCUT2D eigenvalue weighted by Crippen LogP contribution is -2.39. The van der Waals surface area contributed by atoms with Gasteiger partial charge < -0.3 is 10.6 Å². The second-order valence-electron chi connectivity index (χ2n) is 5.44. The Morgan fingerprint density at radius 2 is 1.81 bits per heavy atom. The van der Waals surface area contributed by atoms with Crippen molar-refractivity contribution in [2.24, 2.45) is 0 Å². The summed E-state index contributed by atoms with van der Waals surface area (Å²) in [5.41, 5.74) is -1.80. The van der Waals surface area contributed by atoms with E-state index in [1.165, 1.54) is 0 Å². The van der Waals surface area contributed by atoms with E-state index in [2.05, 4.69) is 20.6 Å². The molecule has 1 aliphatic rings. The number of halogens is 3. The summed E-state index contributed by atoms with van der Waals surface area (Å²) in [7, 11) is 0. The summed E-state index contributed by atoms with van der Waals surface area (Å²) in [5, 5.41) is 5.67. The zero-order valence-electron chi connectivity index (χ0n) is 12.3. The topological polar surface area (TPSA) is 49.8 Å². The zero-order valence-corrected chi connectivity index (χ0v) is 12.3. The Labute approximate surface area is 122 Å². The van der Waals surface area contributed by atoms with Crippen LogP contribution in [0, 0.1) is 0 Å². The van der Waals surface area contributed by atoms with Crippen molar-refractivity contribution in [1.29, 1.82) is 0 Å². The summed E-state index contributed by atoms with van der Waals surface area (Å²) in [5.74, 6) is 1.40. The van der Waals surface area contributed by atoms with Gasteiger partial charge in [0.25, 0.3) is 0 Å². The molecule has 0 radical (unpaired) electrons. The number of hydrogen-bond donors (Lipinski definition) is 2. The van der Waals surface area contributed by atoms with E-state index in [-0.39, 0.29) is 18.7 Å². The maximum Gasteiger partial charge on any atom is 0.411 e. The highest BCUT2D eigenvalue weighted by molar-refractivity contribution is 5.50. The van der Waals surface area contributed by atoms with Crippen molar-refractivity contribution in [3.63, 3.8) is 0 Å². The highest BCUT2D eigenvalue weighted by atomic mass is 19.4. The smallest absolute Gasteiger partial charge is 0.370 e. The number of aryl methyl sites for hydroxylation is 1. The number of aromatic nitrogens is 2. The van der Waals surface area contributed by atoms with Gasteiger partial charge in [0.1, 0.15) is 23.0 Å². The van der Waals surface area contributed by atoms with Crippen LogP contribution in [0.1, 0.15) is 45.4 Å². The van der Waals surface area contributed by atoms with E-state index in [0.29, 0.717) is 18.1 Å². The van der Waals surface area contributed by atoms with Gasteiger partial charge in [-0.3, -0.25) is 0 Å². The van der Waals surface area contributed by atoms with Gasteiger partial charge in [0, 0.05) is 19.0 Å². The van der Waals surface area contributed by atoms with Crippen molar-refractivity contribution in [2.45, 2.75) is 57.7 Å². The van der Waals surface area contributed by atoms with E-state index in [1.807, 2.05) is 13.8 Å². The number of nitrogens with one attached hydrogen (secondary N) is 2. The van der Waals surface area contributed by atoms with E-state index >= 15 is 0 Å². The first-order chi connectivity index (χ1) is 9.90. The lowest BCUT2D eigenvalue weighted by molar-refractivity contribution is -0.151. The lowest BCUT2D eigenvalue weighted by Gasteiger charge is -2.22. The van der Waals surface area contributed by atoms with Crippen molar-refractivity contribution in [3.05, 3.63) is 11.9 Å². The molecule has 1 aromatic rings. The van der Waals surface area contributed by atoms with Crippen LogP contribution < -0.4 is 10.6 Å². The molecule has 0 atom stereocenters. The maximum atomic E-state index is 13.0. The maximum absolute atomic E-state index is 13.0. The molecule has 0 saturated heterocycles. The van der Waals surface area contributed by atoms with Crippen LogP contribution in [-0.2, 0) is 6.42 Å². The molecule has 1 saturated carbocycles. The van der Waals surface area contributed by atoms with Gasteiger partial charge in [0.2, 0.25) is 0 Å². The van der Waals surface area contributed by atoms with E-state index in [0.717, 1.165) is 19.4 Å². The summed E-state index contributed by atoms with van der Waals surface area (Å²) in [6, 6.07) is 1.56. The summed E-state index contributed by atoms with van der Waals surface area (Å²) < 4.78 is 39.0. The van der Waals surface area contributed by atoms with Gasteiger partial charge in [0.05, 0.1) is 0 Å². The Bertz CT molecular complexity index is 484. The second kappa shape index (κ2) is 6.07. The van der Waals surface area contributed by atoms with E-state index in [1.54, 1.807) is 6.07 Å². The molecule has 7 heteroatoms. The largest absolute Gasteiger partial charge is 0.411 e. The molecule has 0 amide bonds. The molecule has 118 valence electrons. The molecule has 0 aliphatic heterocycles. The van der Waals surface area contributed by atoms with Crippen LogP contribution in [0.3, 0.4) is 0 Å². The van der Waals surface area contributed by atoms with Crippen molar-refractivity contribution in [2.75, 3.05) is 17.2 Å². The van der Waals surface area contributed by atoms with Gasteiger partial charge >= 0.3 is 6.18 Å². The number of alkyl halides is 3. The average Bonchev–Trinajstić information content (AvgIpc) is 3.17.